The number of rotatable bonds is 7. The smallest absolute Gasteiger partial charge is 0.373 e. The van der Waals surface area contributed by atoms with Gasteiger partial charge in [-0.15, -0.1) is 0 Å². The van der Waals surface area contributed by atoms with Crippen molar-refractivity contribution in [3.63, 3.8) is 0 Å². The highest BCUT2D eigenvalue weighted by atomic mass is 31.2. The summed E-state index contributed by atoms with van der Waals surface area (Å²) in [7, 11) is 0.847. The van der Waals surface area contributed by atoms with E-state index in [1.54, 1.807) is 13.8 Å². The van der Waals surface area contributed by atoms with Gasteiger partial charge in [-0.05, 0) is 13.2 Å². The molecule has 0 N–H and O–H groups in total. The molecule has 0 heterocycles. The Balaban J connectivity index is 4.59. The van der Waals surface area contributed by atoms with Gasteiger partial charge >= 0.3 is 11.9 Å². The Bertz CT molecular complexity index is 319. The van der Waals surface area contributed by atoms with E-state index in [9.17, 15) is 9.59 Å². The van der Waals surface area contributed by atoms with Crippen LogP contribution in [0, 0.1) is 0 Å². The van der Waals surface area contributed by atoms with Crippen LogP contribution in [0.25, 0.3) is 0 Å². The zero-order chi connectivity index (χ0) is 14.3. The van der Waals surface area contributed by atoms with Crippen LogP contribution in [0.4, 0.5) is 0 Å². The highest BCUT2D eigenvalue weighted by Crippen LogP contribution is 2.47. The third-order valence-corrected chi connectivity index (χ3v) is 3.29. The van der Waals surface area contributed by atoms with Crippen molar-refractivity contribution in [2.45, 2.75) is 19.5 Å². The van der Waals surface area contributed by atoms with Crippen LogP contribution in [-0.2, 0) is 28.1 Å². The first-order valence-corrected chi connectivity index (χ1v) is 6.27. The maximum atomic E-state index is 11.1. The van der Waals surface area contributed by atoms with Crippen LogP contribution < -0.4 is 0 Å². The molecule has 0 fully saturated rings. The fraction of sp³-hybridized carbons (Fsp3) is 0.455. The summed E-state index contributed by atoms with van der Waals surface area (Å²) in [6, 6.07) is 0. The zero-order valence-corrected chi connectivity index (χ0v) is 11.8. The Morgan fingerprint density at radius 1 is 0.944 bits per heavy atom. The summed E-state index contributed by atoms with van der Waals surface area (Å²) in [6.45, 7) is 10.4. The summed E-state index contributed by atoms with van der Waals surface area (Å²) in [4.78, 5) is 22.3. The van der Waals surface area contributed by atoms with Crippen molar-refractivity contribution >= 4 is 20.3 Å². The lowest BCUT2D eigenvalue weighted by atomic mass is 10.6. The van der Waals surface area contributed by atoms with Gasteiger partial charge in [0.15, 0.2) is 0 Å². The predicted molar refractivity (Wildman–Crippen MR) is 66.5 cm³/mol. The van der Waals surface area contributed by atoms with Crippen LogP contribution in [0.1, 0.15) is 13.8 Å². The van der Waals surface area contributed by atoms with Gasteiger partial charge in [-0.3, -0.25) is 0 Å². The van der Waals surface area contributed by atoms with Gasteiger partial charge in [-0.2, -0.15) is 0 Å². The average molecular weight is 276 g/mol. The number of ether oxygens (including phenoxy) is 2. The fourth-order valence-corrected chi connectivity index (χ4v) is 1.79. The molecule has 0 aliphatic heterocycles. The Labute approximate surface area is 107 Å². The normalized spacial score (nSPS) is 9.89. The van der Waals surface area contributed by atoms with Crippen molar-refractivity contribution in [3.8, 4) is 0 Å². The molecule has 0 saturated heterocycles. The molecule has 0 rings (SSSR count). The largest absolute Gasteiger partial charge is 0.463 e. The van der Waals surface area contributed by atoms with Gasteiger partial charge in [0.25, 0.3) is 8.38 Å². The highest BCUT2D eigenvalue weighted by Gasteiger charge is 2.25. The molecule has 0 radical (unpaired) electrons. The number of carbonyl (C=O) groups is 2. The molecule has 0 aliphatic carbocycles. The van der Waals surface area contributed by atoms with Crippen LogP contribution in [0.15, 0.2) is 24.7 Å². The quantitative estimate of drug-likeness (QED) is 0.307. The van der Waals surface area contributed by atoms with E-state index < -0.39 is 20.3 Å². The minimum Gasteiger partial charge on any atom is -0.463 e. The zero-order valence-electron chi connectivity index (χ0n) is 10.9. The van der Waals surface area contributed by atoms with Crippen LogP contribution in [-0.4, -0.2) is 31.8 Å². The maximum absolute atomic E-state index is 11.1. The summed E-state index contributed by atoms with van der Waals surface area (Å²) in [6.07, 6.45) is 0. The highest BCUT2D eigenvalue weighted by molar-refractivity contribution is 7.48. The number of carbonyl (C=O) groups excluding carboxylic acids is 2. The van der Waals surface area contributed by atoms with Crippen molar-refractivity contribution in [3.05, 3.63) is 24.7 Å². The third kappa shape index (κ3) is 5.19. The van der Waals surface area contributed by atoms with E-state index in [1.165, 1.54) is 14.2 Å². The van der Waals surface area contributed by atoms with Gasteiger partial charge in [0, 0.05) is 5.66 Å². The van der Waals surface area contributed by atoms with Gasteiger partial charge in [-0.1, -0.05) is 13.8 Å². The van der Waals surface area contributed by atoms with Gasteiger partial charge in [0.1, 0.15) is 0 Å². The molecule has 0 unspecified atom stereocenters. The van der Waals surface area contributed by atoms with Crippen molar-refractivity contribution in [2.75, 3.05) is 14.2 Å². The van der Waals surface area contributed by atoms with Gasteiger partial charge in [0.05, 0.1) is 14.2 Å². The van der Waals surface area contributed by atoms with E-state index in [4.69, 9.17) is 9.05 Å². The van der Waals surface area contributed by atoms with Crippen molar-refractivity contribution < 1.29 is 28.1 Å². The van der Waals surface area contributed by atoms with Crippen molar-refractivity contribution in [1.82, 2.24) is 0 Å². The summed E-state index contributed by atoms with van der Waals surface area (Å²) in [5.74, 6) is -1.77. The number of hydrogen-bond donors (Lipinski definition) is 0. The van der Waals surface area contributed by atoms with E-state index in [1.807, 2.05) is 0 Å². The summed E-state index contributed by atoms with van der Waals surface area (Å²) in [5.41, 5.74) is -0.0807. The molecule has 0 aromatic heterocycles. The fourth-order valence-electron chi connectivity index (χ4n) is 0.749. The molecular weight excluding hydrogens is 259 g/mol. The van der Waals surface area contributed by atoms with E-state index in [-0.39, 0.29) is 17.2 Å². The first-order valence-electron chi connectivity index (χ1n) is 5.03. The SMILES string of the molecule is C=C(OP(OC(=C)C(=O)OC)C(C)C)C(=O)OC. The molecule has 0 spiro atoms. The second-order valence-electron chi connectivity index (χ2n) is 3.39. The lowest BCUT2D eigenvalue weighted by Gasteiger charge is -2.21. The predicted octanol–water partition coefficient (Wildman–Crippen LogP) is 2.11. The average Bonchev–Trinajstić information content (AvgIpc) is 2.35. The molecule has 0 atom stereocenters. The van der Waals surface area contributed by atoms with E-state index >= 15 is 0 Å². The molecule has 6 nitrogen and oxygen atoms in total. The lowest BCUT2D eigenvalue weighted by Crippen LogP contribution is -2.11. The minimum absolute atomic E-state index is 0.0807. The first-order chi connectivity index (χ1) is 8.33. The molecule has 7 heteroatoms. The van der Waals surface area contributed by atoms with E-state index in [0.717, 1.165) is 0 Å². The summed E-state index contributed by atoms with van der Waals surface area (Å²) < 4.78 is 19.4. The minimum atomic E-state index is -1.58. The second kappa shape index (κ2) is 7.71. The monoisotopic (exact) mass is 276 g/mol. The van der Waals surface area contributed by atoms with Crippen LogP contribution in [0.2, 0.25) is 0 Å². The molecule has 102 valence electrons. The van der Waals surface area contributed by atoms with Gasteiger partial charge < -0.3 is 18.5 Å². The first kappa shape index (κ1) is 16.4. The molecule has 0 aliphatic rings. The van der Waals surface area contributed by atoms with Crippen molar-refractivity contribution in [1.29, 1.82) is 0 Å². The van der Waals surface area contributed by atoms with Crippen LogP contribution in [0.3, 0.4) is 0 Å². The molecule has 0 bridgehead atoms. The summed E-state index contributed by atoms with van der Waals surface area (Å²) in [5, 5.41) is 0. The third-order valence-electron chi connectivity index (χ3n) is 1.65. The maximum Gasteiger partial charge on any atom is 0.373 e. The number of hydrogen-bond acceptors (Lipinski definition) is 6. The van der Waals surface area contributed by atoms with E-state index in [0.29, 0.717) is 0 Å². The van der Waals surface area contributed by atoms with Crippen LogP contribution in [0.5, 0.6) is 0 Å². The Morgan fingerprint density at radius 3 is 1.50 bits per heavy atom. The van der Waals surface area contributed by atoms with Gasteiger partial charge in [-0.25, -0.2) is 9.59 Å². The second-order valence-corrected chi connectivity index (χ2v) is 5.36. The molecular formula is C11H17O6P. The topological polar surface area (TPSA) is 71.1 Å². The molecule has 0 amide bonds. The van der Waals surface area contributed by atoms with Crippen LogP contribution >= 0.6 is 8.38 Å². The lowest BCUT2D eigenvalue weighted by molar-refractivity contribution is -0.138. The molecule has 0 aromatic rings. The molecule has 18 heavy (non-hydrogen) atoms. The molecule has 0 aromatic carbocycles. The van der Waals surface area contributed by atoms with E-state index in [2.05, 4.69) is 22.6 Å². The molecule has 0 saturated carbocycles. The van der Waals surface area contributed by atoms with Crippen molar-refractivity contribution in [2.24, 2.45) is 0 Å². The number of esters is 2. The van der Waals surface area contributed by atoms with Gasteiger partial charge in [0.2, 0.25) is 11.5 Å². The Hall–Kier alpha value is -1.55. The Kier molecular flexibility index (Phi) is 7.05. The summed E-state index contributed by atoms with van der Waals surface area (Å²) >= 11 is 0. The number of methoxy groups -OCH3 is 2. The standard InChI is InChI=1S/C11H17O6P/c1-7(2)18(16-8(3)10(12)14-5)17-9(4)11(13)15-6/h7H,3-4H2,1-2,5-6H3. The Morgan fingerprint density at radius 2 is 1.28 bits per heavy atom.